The molecule has 0 unspecified atom stereocenters. The fourth-order valence-corrected chi connectivity index (χ4v) is 5.59. The summed E-state index contributed by atoms with van der Waals surface area (Å²) in [6.45, 7) is 2.68. The molecule has 232 valence electrons. The quantitative estimate of drug-likeness (QED) is 0.193. The molecule has 13 nitrogen and oxygen atoms in total. The van der Waals surface area contributed by atoms with Crippen LogP contribution in [0.5, 0.6) is 0 Å². The van der Waals surface area contributed by atoms with E-state index in [1.807, 2.05) is 65.7 Å². The number of aromatic nitrogens is 5. The number of ether oxygens (including phenoxy) is 1. The Bertz CT molecular complexity index is 1650. The number of nitrogens with zero attached hydrogens (tertiary/aromatic N) is 7. The molecule has 4 heterocycles. The lowest BCUT2D eigenvalue weighted by Gasteiger charge is -2.37. The minimum atomic E-state index is -0.885. The maximum Gasteiger partial charge on any atom is 0.325 e. The summed E-state index contributed by atoms with van der Waals surface area (Å²) in [5, 5.41) is 14.0. The Morgan fingerprint density at radius 2 is 1.73 bits per heavy atom. The maximum absolute atomic E-state index is 13.3. The van der Waals surface area contributed by atoms with Crippen molar-refractivity contribution in [3.63, 3.8) is 0 Å². The predicted octanol–water partition coefficient (Wildman–Crippen LogP) is 2.65. The minimum Gasteiger partial charge on any atom is -0.379 e. The molecule has 1 spiro atoms. The first-order chi connectivity index (χ1) is 21.9. The number of piperidine rings is 1. The van der Waals surface area contributed by atoms with E-state index in [0.29, 0.717) is 58.1 Å². The fourth-order valence-electron chi connectivity index (χ4n) is 5.59. The van der Waals surface area contributed by atoms with Gasteiger partial charge in [-0.1, -0.05) is 53.7 Å². The zero-order valence-electron chi connectivity index (χ0n) is 25.1. The van der Waals surface area contributed by atoms with E-state index in [-0.39, 0.29) is 24.4 Å². The molecule has 2 aromatic heterocycles. The molecule has 0 atom stereocenters. The Morgan fingerprint density at radius 1 is 0.978 bits per heavy atom. The molecule has 0 saturated carbocycles. The number of imide groups is 1. The molecule has 0 bridgehead atoms. The first-order valence-electron chi connectivity index (χ1n) is 15.0. The van der Waals surface area contributed by atoms with Gasteiger partial charge in [-0.2, -0.15) is 0 Å². The predicted molar refractivity (Wildman–Crippen MR) is 166 cm³/mol. The number of hydrogen-bond donors (Lipinski definition) is 2. The van der Waals surface area contributed by atoms with E-state index >= 15 is 0 Å². The zero-order chi connectivity index (χ0) is 31.2. The highest BCUT2D eigenvalue weighted by Gasteiger charge is 2.52. The van der Waals surface area contributed by atoms with Gasteiger partial charge in [-0.15, -0.1) is 5.10 Å². The summed E-state index contributed by atoms with van der Waals surface area (Å²) in [4.78, 5) is 50.0. The SMILES string of the molecule is CNC(=O)CCOCCn1cc(-c2cccc(-c3cnc(N4CCC5(CC4)NC(=O)N(Cc4ccccc4)C5=O)nc3)c2)nn1. The molecule has 4 amide bonds. The van der Waals surface area contributed by atoms with E-state index in [4.69, 9.17) is 4.74 Å². The Kier molecular flexibility index (Phi) is 8.78. The second-order valence-electron chi connectivity index (χ2n) is 11.1. The average molecular weight is 610 g/mol. The summed E-state index contributed by atoms with van der Waals surface area (Å²) in [5.41, 5.74) is 3.48. The number of nitrogens with one attached hydrogen (secondary N) is 2. The number of carbonyl (C=O) groups is 3. The third-order valence-electron chi connectivity index (χ3n) is 8.21. The molecule has 2 aliphatic heterocycles. The molecule has 13 heteroatoms. The highest BCUT2D eigenvalue weighted by atomic mass is 16.5. The summed E-state index contributed by atoms with van der Waals surface area (Å²) >= 11 is 0. The van der Waals surface area contributed by atoms with Gasteiger partial charge in [0.2, 0.25) is 11.9 Å². The molecule has 2 fully saturated rings. The van der Waals surface area contributed by atoms with Gasteiger partial charge in [0.05, 0.1) is 32.5 Å². The van der Waals surface area contributed by atoms with Crippen molar-refractivity contribution >= 4 is 23.8 Å². The third-order valence-corrected chi connectivity index (χ3v) is 8.21. The molecule has 2 aliphatic rings. The number of hydrogen-bond acceptors (Lipinski definition) is 9. The Hall–Kier alpha value is -5.17. The molecule has 6 rings (SSSR count). The van der Waals surface area contributed by atoms with Crippen molar-refractivity contribution in [1.82, 2.24) is 40.5 Å². The summed E-state index contributed by atoms with van der Waals surface area (Å²) in [6.07, 6.45) is 6.75. The molecular formula is C32H35N9O4. The summed E-state index contributed by atoms with van der Waals surface area (Å²) in [7, 11) is 1.60. The van der Waals surface area contributed by atoms with Crippen LogP contribution in [0.2, 0.25) is 0 Å². The fraction of sp³-hybridized carbons (Fsp3) is 0.344. The zero-order valence-corrected chi connectivity index (χ0v) is 25.1. The topological polar surface area (TPSA) is 147 Å². The van der Waals surface area contributed by atoms with Crippen LogP contribution in [0.25, 0.3) is 22.4 Å². The van der Waals surface area contributed by atoms with Gasteiger partial charge >= 0.3 is 6.03 Å². The number of anilines is 1. The third kappa shape index (κ3) is 6.68. The molecule has 0 aliphatic carbocycles. The van der Waals surface area contributed by atoms with Gasteiger partial charge in [0, 0.05) is 50.1 Å². The van der Waals surface area contributed by atoms with Crippen LogP contribution in [-0.4, -0.2) is 86.6 Å². The van der Waals surface area contributed by atoms with Gasteiger partial charge < -0.3 is 20.3 Å². The van der Waals surface area contributed by atoms with Crippen molar-refractivity contribution in [2.75, 3.05) is 38.3 Å². The number of amides is 4. The number of urea groups is 1. The maximum atomic E-state index is 13.3. The van der Waals surface area contributed by atoms with Crippen molar-refractivity contribution in [3.05, 3.63) is 78.8 Å². The molecule has 2 saturated heterocycles. The van der Waals surface area contributed by atoms with Crippen LogP contribution < -0.4 is 15.5 Å². The Labute approximate surface area is 260 Å². The largest absolute Gasteiger partial charge is 0.379 e. The number of rotatable bonds is 11. The highest BCUT2D eigenvalue weighted by molar-refractivity contribution is 6.07. The van der Waals surface area contributed by atoms with Crippen molar-refractivity contribution in [2.24, 2.45) is 0 Å². The summed E-state index contributed by atoms with van der Waals surface area (Å²) < 4.78 is 7.23. The van der Waals surface area contributed by atoms with Crippen LogP contribution in [-0.2, 0) is 27.4 Å². The first kappa shape index (κ1) is 29.9. The lowest BCUT2D eigenvalue weighted by atomic mass is 9.87. The smallest absolute Gasteiger partial charge is 0.325 e. The molecular weight excluding hydrogens is 574 g/mol. The standard InChI is InChI=1S/C32H35N9O4/c1-33-28(42)10-16-45-17-15-40-22-27(37-38-40)25-9-5-8-24(18-25)26-19-34-30(35-20-26)39-13-11-32(12-14-39)29(43)41(31(44)36-32)21-23-6-3-2-4-7-23/h2-9,18-20,22H,10-17,21H2,1H3,(H,33,42)(H,36,44). The van der Waals surface area contributed by atoms with E-state index in [2.05, 4.69) is 30.9 Å². The van der Waals surface area contributed by atoms with E-state index in [0.717, 1.165) is 27.9 Å². The van der Waals surface area contributed by atoms with Crippen molar-refractivity contribution < 1.29 is 19.1 Å². The van der Waals surface area contributed by atoms with E-state index in [1.54, 1.807) is 24.1 Å². The molecule has 45 heavy (non-hydrogen) atoms. The van der Waals surface area contributed by atoms with Crippen molar-refractivity contribution in [3.8, 4) is 22.4 Å². The van der Waals surface area contributed by atoms with Crippen LogP contribution in [0.1, 0.15) is 24.8 Å². The molecule has 2 N–H and O–H groups in total. The molecule has 4 aromatic rings. The second-order valence-corrected chi connectivity index (χ2v) is 11.1. The van der Waals surface area contributed by atoms with Gasteiger partial charge in [0.25, 0.3) is 5.91 Å². The van der Waals surface area contributed by atoms with Crippen molar-refractivity contribution in [1.29, 1.82) is 0 Å². The van der Waals surface area contributed by atoms with E-state index < -0.39 is 5.54 Å². The number of carbonyl (C=O) groups excluding carboxylic acids is 3. The minimum absolute atomic E-state index is 0.0535. The number of benzene rings is 2. The van der Waals surface area contributed by atoms with Crippen LogP contribution in [0, 0.1) is 0 Å². The second kappa shape index (κ2) is 13.2. The summed E-state index contributed by atoms with van der Waals surface area (Å²) in [6, 6.07) is 17.1. The monoisotopic (exact) mass is 609 g/mol. The van der Waals surface area contributed by atoms with Gasteiger partial charge in [0.15, 0.2) is 0 Å². The average Bonchev–Trinajstić information content (AvgIpc) is 3.64. The lowest BCUT2D eigenvalue weighted by Crippen LogP contribution is -2.55. The van der Waals surface area contributed by atoms with Crippen molar-refractivity contribution in [2.45, 2.75) is 37.9 Å². The van der Waals surface area contributed by atoms with Gasteiger partial charge in [-0.3, -0.25) is 14.5 Å². The first-order valence-corrected chi connectivity index (χ1v) is 15.0. The highest BCUT2D eigenvalue weighted by Crippen LogP contribution is 2.32. The van der Waals surface area contributed by atoms with E-state index in [9.17, 15) is 14.4 Å². The van der Waals surface area contributed by atoms with Gasteiger partial charge in [0.1, 0.15) is 11.2 Å². The van der Waals surface area contributed by atoms with Crippen LogP contribution in [0.4, 0.5) is 10.7 Å². The normalized spacial score (nSPS) is 15.8. The van der Waals surface area contributed by atoms with E-state index in [1.165, 1.54) is 4.90 Å². The summed E-state index contributed by atoms with van der Waals surface area (Å²) in [5.74, 6) is 0.365. The Balaban J connectivity index is 1.04. The van der Waals surface area contributed by atoms with Crippen LogP contribution in [0.3, 0.4) is 0 Å². The van der Waals surface area contributed by atoms with Crippen LogP contribution >= 0.6 is 0 Å². The molecule has 0 radical (unpaired) electrons. The van der Waals surface area contributed by atoms with Crippen LogP contribution in [0.15, 0.2) is 73.2 Å². The molecule has 2 aromatic carbocycles. The van der Waals surface area contributed by atoms with Gasteiger partial charge in [-0.05, 0) is 30.0 Å². The lowest BCUT2D eigenvalue weighted by molar-refractivity contribution is -0.132. The Morgan fingerprint density at radius 3 is 2.49 bits per heavy atom. The van der Waals surface area contributed by atoms with Gasteiger partial charge in [-0.25, -0.2) is 19.4 Å².